The molecule has 1 nitrogen and oxygen atoms in total. The summed E-state index contributed by atoms with van der Waals surface area (Å²) >= 11 is 0. The molecule has 0 aliphatic heterocycles. The van der Waals surface area contributed by atoms with Gasteiger partial charge in [0.25, 0.3) is 0 Å². The van der Waals surface area contributed by atoms with E-state index in [1.165, 1.54) is 43.2 Å². The molecule has 2 rings (SSSR count). The Morgan fingerprint density at radius 1 is 1.05 bits per heavy atom. The Hall–Kier alpha value is -0.820. The average Bonchev–Trinajstić information content (AvgIpc) is 2.94. The maximum Gasteiger partial charge on any atom is 0.0376 e. The molecule has 1 aromatic carbocycles. The third-order valence-corrected chi connectivity index (χ3v) is 5.43. The van der Waals surface area contributed by atoms with Crippen LogP contribution in [0.25, 0.3) is 0 Å². The number of hydrogen-bond donors (Lipinski definition) is 1. The quantitative estimate of drug-likeness (QED) is 0.742. The average molecular weight is 287 g/mol. The zero-order valence-electron chi connectivity index (χ0n) is 14.6. The van der Waals surface area contributed by atoms with Crippen LogP contribution >= 0.6 is 0 Å². The lowest BCUT2D eigenvalue weighted by atomic mass is 9.73. The van der Waals surface area contributed by atoms with E-state index in [0.717, 1.165) is 6.54 Å². The summed E-state index contributed by atoms with van der Waals surface area (Å²) in [5.41, 5.74) is 3.62. The molecule has 1 unspecified atom stereocenters. The minimum Gasteiger partial charge on any atom is -0.310 e. The Morgan fingerprint density at radius 3 is 2.05 bits per heavy atom. The van der Waals surface area contributed by atoms with E-state index in [1.54, 1.807) is 0 Å². The minimum absolute atomic E-state index is 0.238. The van der Waals surface area contributed by atoms with E-state index in [9.17, 15) is 0 Å². The van der Waals surface area contributed by atoms with Crippen molar-refractivity contribution in [3.8, 4) is 0 Å². The second-order valence-corrected chi connectivity index (χ2v) is 7.79. The van der Waals surface area contributed by atoms with Crippen LogP contribution in [0.3, 0.4) is 0 Å². The Morgan fingerprint density at radius 2 is 1.62 bits per heavy atom. The van der Waals surface area contributed by atoms with Crippen molar-refractivity contribution in [2.45, 2.75) is 78.2 Å². The van der Waals surface area contributed by atoms with Crippen LogP contribution in [0.1, 0.15) is 83.9 Å². The van der Waals surface area contributed by atoms with Crippen molar-refractivity contribution >= 4 is 0 Å². The van der Waals surface area contributed by atoms with Gasteiger partial charge >= 0.3 is 0 Å². The molecule has 0 bridgehead atoms. The highest BCUT2D eigenvalue weighted by atomic mass is 14.9. The smallest absolute Gasteiger partial charge is 0.0376 e. The van der Waals surface area contributed by atoms with Gasteiger partial charge in [-0.25, -0.2) is 0 Å². The molecule has 0 aromatic heterocycles. The predicted octanol–water partition coefficient (Wildman–Crippen LogP) is 5.61. The van der Waals surface area contributed by atoms with Gasteiger partial charge in [-0.2, -0.15) is 0 Å². The van der Waals surface area contributed by atoms with E-state index < -0.39 is 0 Å². The third kappa shape index (κ3) is 3.51. The van der Waals surface area contributed by atoms with Crippen molar-refractivity contribution in [3.05, 3.63) is 35.4 Å². The molecule has 1 N–H and O–H groups in total. The van der Waals surface area contributed by atoms with Crippen LogP contribution < -0.4 is 5.32 Å². The highest BCUT2D eigenvalue weighted by Gasteiger charge is 2.40. The van der Waals surface area contributed by atoms with Crippen molar-refractivity contribution in [3.63, 3.8) is 0 Å². The molecule has 1 aliphatic rings. The number of nitrogens with one attached hydrogen (secondary N) is 1. The molecular formula is C20H33N. The molecule has 1 atom stereocenters. The molecule has 1 saturated carbocycles. The second kappa shape index (κ2) is 6.52. The van der Waals surface area contributed by atoms with Gasteiger partial charge in [-0.3, -0.25) is 0 Å². The van der Waals surface area contributed by atoms with Gasteiger partial charge in [0.15, 0.2) is 0 Å². The van der Waals surface area contributed by atoms with Crippen molar-refractivity contribution in [2.24, 2.45) is 5.41 Å². The van der Waals surface area contributed by atoms with Crippen LogP contribution in [0.2, 0.25) is 0 Å². The first kappa shape index (κ1) is 16.5. The summed E-state index contributed by atoms with van der Waals surface area (Å²) in [5, 5.41) is 3.79. The fraction of sp³-hybridized carbons (Fsp3) is 0.700. The largest absolute Gasteiger partial charge is 0.310 e. The summed E-state index contributed by atoms with van der Waals surface area (Å²) in [6.07, 6.45) is 6.84. The summed E-state index contributed by atoms with van der Waals surface area (Å²) in [6, 6.07) is 9.91. The molecule has 1 heteroatoms. The lowest BCUT2D eigenvalue weighted by molar-refractivity contribution is 0.189. The maximum atomic E-state index is 3.79. The first-order chi connectivity index (χ1) is 9.93. The summed E-state index contributed by atoms with van der Waals surface area (Å²) in [6.45, 7) is 12.5. The van der Waals surface area contributed by atoms with Crippen LogP contribution in [0.15, 0.2) is 24.3 Å². The Kier molecular flexibility index (Phi) is 5.14. The minimum atomic E-state index is 0.238. The zero-order chi connectivity index (χ0) is 15.5. The van der Waals surface area contributed by atoms with Gasteiger partial charge in [-0.15, -0.1) is 0 Å². The number of hydrogen-bond acceptors (Lipinski definition) is 1. The second-order valence-electron chi connectivity index (χ2n) is 7.79. The van der Waals surface area contributed by atoms with Crippen LogP contribution in [0, 0.1) is 5.41 Å². The Balaban J connectivity index is 2.30. The summed E-state index contributed by atoms with van der Waals surface area (Å²) in [5.74, 6) is 0. The summed E-state index contributed by atoms with van der Waals surface area (Å²) in [4.78, 5) is 0. The van der Waals surface area contributed by atoms with E-state index in [2.05, 4.69) is 64.2 Å². The van der Waals surface area contributed by atoms with Crippen molar-refractivity contribution < 1.29 is 0 Å². The first-order valence-electron chi connectivity index (χ1n) is 8.77. The fourth-order valence-corrected chi connectivity index (χ4v) is 3.99. The van der Waals surface area contributed by atoms with Gasteiger partial charge in [0, 0.05) is 6.04 Å². The van der Waals surface area contributed by atoms with E-state index >= 15 is 0 Å². The van der Waals surface area contributed by atoms with E-state index in [4.69, 9.17) is 0 Å². The molecule has 0 heterocycles. The lowest BCUT2D eigenvalue weighted by Crippen LogP contribution is -2.36. The summed E-state index contributed by atoms with van der Waals surface area (Å²) in [7, 11) is 0. The van der Waals surface area contributed by atoms with Crippen LogP contribution in [0.4, 0.5) is 0 Å². The third-order valence-electron chi connectivity index (χ3n) is 5.43. The van der Waals surface area contributed by atoms with Crippen LogP contribution in [-0.2, 0) is 5.41 Å². The summed E-state index contributed by atoms with van der Waals surface area (Å²) < 4.78 is 0. The van der Waals surface area contributed by atoms with Crippen molar-refractivity contribution in [1.82, 2.24) is 5.32 Å². The van der Waals surface area contributed by atoms with Gasteiger partial charge in [-0.1, -0.05) is 71.7 Å². The Labute approximate surface area is 131 Å². The topological polar surface area (TPSA) is 12.0 Å². The molecule has 0 saturated heterocycles. The van der Waals surface area contributed by atoms with E-state index in [0.29, 0.717) is 11.5 Å². The van der Waals surface area contributed by atoms with Crippen LogP contribution in [-0.4, -0.2) is 6.54 Å². The maximum absolute atomic E-state index is 3.79. The highest BCUT2D eigenvalue weighted by molar-refractivity contribution is 5.30. The molecule has 0 spiro atoms. The van der Waals surface area contributed by atoms with Gasteiger partial charge in [-0.05, 0) is 47.8 Å². The molecular weight excluding hydrogens is 254 g/mol. The number of rotatable bonds is 5. The molecule has 0 amide bonds. The molecule has 118 valence electrons. The predicted molar refractivity (Wildman–Crippen MR) is 92.8 cm³/mol. The van der Waals surface area contributed by atoms with Crippen molar-refractivity contribution in [1.29, 1.82) is 0 Å². The van der Waals surface area contributed by atoms with E-state index in [1.807, 2.05) is 0 Å². The highest BCUT2D eigenvalue weighted by Crippen LogP contribution is 2.50. The standard InChI is InChI=1S/C20H33N/c1-6-20(14-8-9-15-20)18(21-7-2)16-10-12-17(13-11-16)19(3,4)5/h10-13,18,21H,6-9,14-15H2,1-5H3. The van der Waals surface area contributed by atoms with Gasteiger partial charge in [0.1, 0.15) is 0 Å². The van der Waals surface area contributed by atoms with Gasteiger partial charge in [0.2, 0.25) is 0 Å². The Bertz CT molecular complexity index is 432. The first-order valence-corrected chi connectivity index (χ1v) is 8.77. The normalized spacial score (nSPS) is 19.7. The zero-order valence-corrected chi connectivity index (χ0v) is 14.6. The molecule has 21 heavy (non-hydrogen) atoms. The van der Waals surface area contributed by atoms with Crippen molar-refractivity contribution in [2.75, 3.05) is 6.54 Å². The molecule has 1 aromatic rings. The fourth-order valence-electron chi connectivity index (χ4n) is 3.99. The lowest BCUT2D eigenvalue weighted by Gasteiger charge is -2.38. The van der Waals surface area contributed by atoms with Crippen LogP contribution in [0.5, 0.6) is 0 Å². The van der Waals surface area contributed by atoms with Gasteiger partial charge < -0.3 is 5.32 Å². The number of benzene rings is 1. The molecule has 0 radical (unpaired) electrons. The molecule has 1 fully saturated rings. The van der Waals surface area contributed by atoms with Gasteiger partial charge in [0.05, 0.1) is 0 Å². The SMILES string of the molecule is CCNC(c1ccc(C(C)(C)C)cc1)C1(CC)CCCC1. The monoisotopic (exact) mass is 287 g/mol. The molecule has 1 aliphatic carbocycles. The van der Waals surface area contributed by atoms with E-state index in [-0.39, 0.29) is 5.41 Å².